The zero-order valence-corrected chi connectivity index (χ0v) is 16.3. The molecule has 2 rings (SSSR count). The number of rotatable bonds is 10. The zero-order chi connectivity index (χ0) is 21.4. The number of carboxylic acid groups (broad SMARTS) is 1. The average molecular weight is 403 g/mol. The minimum atomic E-state index is -1.30. The van der Waals surface area contributed by atoms with Crippen molar-refractivity contribution in [2.24, 2.45) is 0 Å². The van der Waals surface area contributed by atoms with Crippen LogP contribution in [-0.2, 0) is 17.9 Å². The lowest BCUT2D eigenvalue weighted by Gasteiger charge is -2.15. The Kier molecular flexibility index (Phi) is 7.76. The second kappa shape index (κ2) is 10.3. The molecule has 0 saturated heterocycles. The van der Waals surface area contributed by atoms with Crippen LogP contribution < -0.4 is 16.6 Å². The van der Waals surface area contributed by atoms with Gasteiger partial charge in [0.2, 0.25) is 5.88 Å². The van der Waals surface area contributed by atoms with Gasteiger partial charge in [0, 0.05) is 6.54 Å². The maximum Gasteiger partial charge on any atom is 0.334 e. The van der Waals surface area contributed by atoms with E-state index < -0.39 is 41.1 Å². The van der Waals surface area contributed by atoms with Crippen LogP contribution in [0.5, 0.6) is 5.88 Å². The molecular weight excluding hydrogens is 378 g/mol. The van der Waals surface area contributed by atoms with E-state index in [4.69, 9.17) is 5.11 Å². The molecule has 0 unspecified atom stereocenters. The Hall–Kier alpha value is -3.36. The second-order valence-electron chi connectivity index (χ2n) is 6.65. The Morgan fingerprint density at radius 3 is 2.34 bits per heavy atom. The number of nitrogens with zero attached hydrogens (tertiary/aromatic N) is 2. The lowest BCUT2D eigenvalue weighted by atomic mass is 10.2. The summed E-state index contributed by atoms with van der Waals surface area (Å²) in [6.45, 7) is 1.38. The number of carbonyl (C=O) groups excluding carboxylic acids is 1. The van der Waals surface area contributed by atoms with Crippen LogP contribution in [0.15, 0.2) is 39.9 Å². The molecule has 0 radical (unpaired) electrons. The molecule has 9 heteroatoms. The Morgan fingerprint density at radius 1 is 1.03 bits per heavy atom. The summed E-state index contributed by atoms with van der Waals surface area (Å²) in [4.78, 5) is 48.7. The molecule has 0 aliphatic heterocycles. The molecule has 3 N–H and O–H groups in total. The predicted octanol–water partition coefficient (Wildman–Crippen LogP) is 1.16. The molecule has 1 heterocycles. The number of hydrogen-bond acceptors (Lipinski definition) is 5. The van der Waals surface area contributed by atoms with Crippen LogP contribution in [0.1, 0.15) is 48.5 Å². The molecule has 0 spiro atoms. The van der Waals surface area contributed by atoms with Crippen molar-refractivity contribution in [2.75, 3.05) is 6.54 Å². The third-order valence-corrected chi connectivity index (χ3v) is 4.45. The number of unbranched alkanes of at least 4 members (excludes halogenated alkanes) is 3. The summed E-state index contributed by atoms with van der Waals surface area (Å²) in [7, 11) is 0. The van der Waals surface area contributed by atoms with Gasteiger partial charge in [-0.3, -0.25) is 23.5 Å². The SMILES string of the molecule is CCCCCCn1c(=O)c(C(=O)NCC(=O)O)c(O)n(Cc2ccccc2)c1=O. The molecule has 0 aliphatic carbocycles. The van der Waals surface area contributed by atoms with E-state index in [9.17, 15) is 24.3 Å². The number of benzene rings is 1. The summed E-state index contributed by atoms with van der Waals surface area (Å²) >= 11 is 0. The first-order chi connectivity index (χ1) is 13.9. The van der Waals surface area contributed by atoms with E-state index >= 15 is 0 Å². The van der Waals surface area contributed by atoms with Gasteiger partial charge in [0.25, 0.3) is 11.5 Å². The van der Waals surface area contributed by atoms with Crippen LogP contribution in [0.4, 0.5) is 0 Å². The van der Waals surface area contributed by atoms with Gasteiger partial charge in [0.1, 0.15) is 6.54 Å². The third kappa shape index (κ3) is 5.56. The van der Waals surface area contributed by atoms with Crippen LogP contribution in [0.3, 0.4) is 0 Å². The number of aromatic hydroxyl groups is 1. The van der Waals surface area contributed by atoms with E-state index in [-0.39, 0.29) is 13.1 Å². The third-order valence-electron chi connectivity index (χ3n) is 4.45. The van der Waals surface area contributed by atoms with Crippen molar-refractivity contribution in [3.63, 3.8) is 0 Å². The summed E-state index contributed by atoms with van der Waals surface area (Å²) in [6, 6.07) is 8.81. The van der Waals surface area contributed by atoms with Gasteiger partial charge in [-0.25, -0.2) is 4.79 Å². The monoisotopic (exact) mass is 403 g/mol. The summed E-state index contributed by atoms with van der Waals surface area (Å²) in [5.74, 6) is -3.12. The van der Waals surface area contributed by atoms with Crippen molar-refractivity contribution < 1.29 is 19.8 Å². The Morgan fingerprint density at radius 2 is 1.72 bits per heavy atom. The van der Waals surface area contributed by atoms with E-state index in [0.717, 1.165) is 28.4 Å². The van der Waals surface area contributed by atoms with Crippen molar-refractivity contribution in [1.29, 1.82) is 0 Å². The van der Waals surface area contributed by atoms with Crippen molar-refractivity contribution in [2.45, 2.75) is 45.7 Å². The number of hydrogen-bond donors (Lipinski definition) is 3. The summed E-state index contributed by atoms with van der Waals surface area (Å²) in [6.07, 6.45) is 3.29. The highest BCUT2D eigenvalue weighted by Gasteiger charge is 2.24. The van der Waals surface area contributed by atoms with Gasteiger partial charge in [-0.05, 0) is 12.0 Å². The van der Waals surface area contributed by atoms with Crippen molar-refractivity contribution in [3.8, 4) is 5.88 Å². The average Bonchev–Trinajstić information content (AvgIpc) is 2.70. The second-order valence-corrected chi connectivity index (χ2v) is 6.65. The van der Waals surface area contributed by atoms with Crippen molar-refractivity contribution in [3.05, 3.63) is 62.3 Å². The van der Waals surface area contributed by atoms with Crippen LogP contribution >= 0.6 is 0 Å². The molecular formula is C20H25N3O6. The molecule has 0 aliphatic rings. The Balaban J connectivity index is 2.51. The van der Waals surface area contributed by atoms with Crippen LogP contribution in [-0.4, -0.2) is 37.8 Å². The smallest absolute Gasteiger partial charge is 0.334 e. The number of carbonyl (C=O) groups is 2. The lowest BCUT2D eigenvalue weighted by Crippen LogP contribution is -2.45. The molecule has 9 nitrogen and oxygen atoms in total. The molecule has 2 aromatic rings. The van der Waals surface area contributed by atoms with Gasteiger partial charge in [0.15, 0.2) is 5.56 Å². The molecule has 1 aromatic heterocycles. The highest BCUT2D eigenvalue weighted by molar-refractivity contribution is 5.97. The molecule has 29 heavy (non-hydrogen) atoms. The maximum absolute atomic E-state index is 12.9. The fourth-order valence-corrected chi connectivity index (χ4v) is 2.93. The van der Waals surface area contributed by atoms with Gasteiger partial charge >= 0.3 is 11.7 Å². The normalized spacial score (nSPS) is 10.7. The highest BCUT2D eigenvalue weighted by atomic mass is 16.4. The molecule has 0 fully saturated rings. The lowest BCUT2D eigenvalue weighted by molar-refractivity contribution is -0.135. The zero-order valence-electron chi connectivity index (χ0n) is 16.3. The summed E-state index contributed by atoms with van der Waals surface area (Å²) in [5, 5.41) is 21.3. The molecule has 1 amide bonds. The van der Waals surface area contributed by atoms with Crippen molar-refractivity contribution >= 4 is 11.9 Å². The molecule has 0 bridgehead atoms. The quantitative estimate of drug-likeness (QED) is 0.510. The predicted molar refractivity (Wildman–Crippen MR) is 106 cm³/mol. The number of nitrogens with one attached hydrogen (secondary N) is 1. The number of amides is 1. The minimum Gasteiger partial charge on any atom is -0.494 e. The van der Waals surface area contributed by atoms with Gasteiger partial charge < -0.3 is 15.5 Å². The van der Waals surface area contributed by atoms with E-state index in [1.807, 2.05) is 6.92 Å². The molecule has 156 valence electrons. The fraction of sp³-hybridized carbons (Fsp3) is 0.400. The topological polar surface area (TPSA) is 131 Å². The van der Waals surface area contributed by atoms with Crippen LogP contribution in [0, 0.1) is 0 Å². The van der Waals surface area contributed by atoms with E-state index in [0.29, 0.717) is 12.0 Å². The first-order valence-corrected chi connectivity index (χ1v) is 9.47. The highest BCUT2D eigenvalue weighted by Crippen LogP contribution is 2.13. The van der Waals surface area contributed by atoms with E-state index in [1.54, 1.807) is 30.3 Å². The molecule has 1 aromatic carbocycles. The standard InChI is InChI=1S/C20H25N3O6/c1-2-3-4-8-11-22-18(27)16(17(26)21-12-15(24)25)19(28)23(20(22)29)13-14-9-6-5-7-10-14/h5-7,9-10,28H,2-4,8,11-13H2,1H3,(H,21,26)(H,24,25). The Bertz CT molecular complexity index is 978. The first kappa shape index (κ1) is 21.9. The number of aliphatic carboxylic acids is 1. The van der Waals surface area contributed by atoms with Crippen molar-refractivity contribution in [1.82, 2.24) is 14.5 Å². The van der Waals surface area contributed by atoms with E-state index in [1.165, 1.54) is 0 Å². The number of aromatic nitrogens is 2. The first-order valence-electron chi connectivity index (χ1n) is 9.47. The Labute approximate surface area is 167 Å². The van der Waals surface area contributed by atoms with Gasteiger partial charge in [-0.15, -0.1) is 0 Å². The number of carboxylic acids is 1. The van der Waals surface area contributed by atoms with Crippen LogP contribution in [0.2, 0.25) is 0 Å². The largest absolute Gasteiger partial charge is 0.494 e. The minimum absolute atomic E-state index is 0.0417. The summed E-state index contributed by atoms with van der Waals surface area (Å²) < 4.78 is 1.88. The van der Waals surface area contributed by atoms with Gasteiger partial charge in [-0.2, -0.15) is 0 Å². The molecule has 0 saturated carbocycles. The molecule has 0 atom stereocenters. The maximum atomic E-state index is 12.9. The van der Waals surface area contributed by atoms with Crippen LogP contribution in [0.25, 0.3) is 0 Å². The fourth-order valence-electron chi connectivity index (χ4n) is 2.93. The van der Waals surface area contributed by atoms with Gasteiger partial charge in [0.05, 0.1) is 6.54 Å². The van der Waals surface area contributed by atoms with Gasteiger partial charge in [-0.1, -0.05) is 56.5 Å². The summed E-state index contributed by atoms with van der Waals surface area (Å²) in [5.41, 5.74) is -1.60. The van der Waals surface area contributed by atoms with E-state index in [2.05, 4.69) is 5.32 Å².